The van der Waals surface area contributed by atoms with Crippen molar-refractivity contribution in [2.45, 2.75) is 114 Å². The molecule has 6 aromatic carbocycles. The molecule has 8 amide bonds. The number of nitrogens with zero attached hydrogens (tertiary/aromatic N) is 2. The van der Waals surface area contributed by atoms with E-state index in [1.165, 1.54) is 9.80 Å². The molecular weight excluding hydrogens is 1030 g/mol. The molecule has 16 nitrogen and oxygen atoms in total. The molecular formula is C66H68N8O8. The van der Waals surface area contributed by atoms with Crippen molar-refractivity contribution in [3.8, 4) is 11.1 Å². The largest absolute Gasteiger partial charge is 0.342 e. The number of nitrogens with one attached hydrogen (secondary N) is 6. The van der Waals surface area contributed by atoms with Gasteiger partial charge in [0.25, 0.3) is 5.91 Å². The fourth-order valence-electron chi connectivity index (χ4n) is 11.6. The predicted molar refractivity (Wildman–Crippen MR) is 311 cm³/mol. The Morgan fingerprint density at radius 1 is 0.439 bits per heavy atom. The molecule has 82 heavy (non-hydrogen) atoms. The molecule has 7 atom stereocenters. The molecule has 0 bridgehead atoms. The van der Waals surface area contributed by atoms with Gasteiger partial charge in [-0.1, -0.05) is 163 Å². The second kappa shape index (κ2) is 25.5. The molecule has 0 aliphatic carbocycles. The lowest BCUT2D eigenvalue weighted by molar-refractivity contribution is -0.143. The van der Waals surface area contributed by atoms with E-state index in [2.05, 4.69) is 31.9 Å². The number of amides is 8. The van der Waals surface area contributed by atoms with Gasteiger partial charge in [0, 0.05) is 45.2 Å². The van der Waals surface area contributed by atoms with E-state index < -0.39 is 83.6 Å². The van der Waals surface area contributed by atoms with Crippen LogP contribution in [-0.2, 0) is 70.5 Å². The molecule has 4 aliphatic rings. The summed E-state index contributed by atoms with van der Waals surface area (Å²) >= 11 is 0. The van der Waals surface area contributed by atoms with Crippen LogP contribution in [0, 0.1) is 13.8 Å². The van der Waals surface area contributed by atoms with Gasteiger partial charge in [-0.2, -0.15) is 0 Å². The molecule has 10 rings (SSSR count). The van der Waals surface area contributed by atoms with Gasteiger partial charge in [-0.3, -0.25) is 38.4 Å². The summed E-state index contributed by atoms with van der Waals surface area (Å²) in [5, 5.41) is 17.7. The Morgan fingerprint density at radius 3 is 1.43 bits per heavy atom. The molecule has 4 fully saturated rings. The zero-order valence-corrected chi connectivity index (χ0v) is 46.1. The number of hydrogen-bond donors (Lipinski definition) is 6. The molecule has 0 unspecified atom stereocenters. The van der Waals surface area contributed by atoms with Crippen LogP contribution in [0.3, 0.4) is 0 Å². The maximum atomic E-state index is 15.0. The lowest BCUT2D eigenvalue weighted by atomic mass is 9.93. The summed E-state index contributed by atoms with van der Waals surface area (Å²) in [4.78, 5) is 119. The average Bonchev–Trinajstić information content (AvgIpc) is 4.33. The topological polar surface area (TPSA) is 215 Å². The number of rotatable bonds is 12. The number of carbonyl (C=O) groups is 8. The van der Waals surface area contributed by atoms with Crippen LogP contribution in [0.4, 0.5) is 0 Å². The highest BCUT2D eigenvalue weighted by Gasteiger charge is 2.42. The molecule has 420 valence electrons. The van der Waals surface area contributed by atoms with E-state index in [-0.39, 0.29) is 50.3 Å². The summed E-state index contributed by atoms with van der Waals surface area (Å²) in [6, 6.07) is 41.5. The zero-order valence-electron chi connectivity index (χ0n) is 46.1. The first-order valence-corrected chi connectivity index (χ1v) is 28.3. The summed E-state index contributed by atoms with van der Waals surface area (Å²) in [7, 11) is 0. The predicted octanol–water partition coefficient (Wildman–Crippen LogP) is 5.37. The monoisotopic (exact) mass is 1100 g/mol. The molecule has 0 saturated carbocycles. The quantitative estimate of drug-likeness (QED) is 0.0875. The van der Waals surface area contributed by atoms with Crippen LogP contribution in [0.5, 0.6) is 0 Å². The highest BCUT2D eigenvalue weighted by molar-refractivity contribution is 6.06. The molecule has 16 heteroatoms. The van der Waals surface area contributed by atoms with Gasteiger partial charge in [-0.25, -0.2) is 0 Å². The summed E-state index contributed by atoms with van der Waals surface area (Å²) < 4.78 is 0. The number of benzene rings is 6. The van der Waals surface area contributed by atoms with Gasteiger partial charge >= 0.3 is 0 Å². The van der Waals surface area contributed by atoms with E-state index in [1.807, 2.05) is 172 Å². The first-order chi connectivity index (χ1) is 39.7. The van der Waals surface area contributed by atoms with Crippen molar-refractivity contribution in [3.63, 3.8) is 0 Å². The van der Waals surface area contributed by atoms with Gasteiger partial charge < -0.3 is 41.7 Å². The van der Waals surface area contributed by atoms with Crippen LogP contribution in [0.2, 0.25) is 0 Å². The van der Waals surface area contributed by atoms with E-state index in [4.69, 9.17) is 0 Å². The third-order valence-corrected chi connectivity index (χ3v) is 16.0. The van der Waals surface area contributed by atoms with Gasteiger partial charge in [0.05, 0.1) is 0 Å². The highest BCUT2D eigenvalue weighted by Crippen LogP contribution is 2.30. The van der Waals surface area contributed by atoms with Crippen molar-refractivity contribution in [2.75, 3.05) is 13.1 Å². The fourth-order valence-corrected chi connectivity index (χ4v) is 11.6. The van der Waals surface area contributed by atoms with Crippen LogP contribution < -0.4 is 31.9 Å². The van der Waals surface area contributed by atoms with Crippen LogP contribution in [0.25, 0.3) is 17.2 Å². The number of hydrogen-bond acceptors (Lipinski definition) is 8. The van der Waals surface area contributed by atoms with Gasteiger partial charge in [-0.15, -0.1) is 0 Å². The van der Waals surface area contributed by atoms with Gasteiger partial charge in [0.15, 0.2) is 0 Å². The molecule has 4 saturated heterocycles. The van der Waals surface area contributed by atoms with E-state index in [0.29, 0.717) is 48.9 Å². The van der Waals surface area contributed by atoms with Crippen molar-refractivity contribution >= 4 is 53.3 Å². The minimum Gasteiger partial charge on any atom is -0.342 e. The third-order valence-electron chi connectivity index (χ3n) is 16.0. The Bertz CT molecular complexity index is 3390. The van der Waals surface area contributed by atoms with E-state index in [0.717, 1.165) is 38.9 Å². The fraction of sp³-hybridized carbons (Fsp3) is 0.303. The number of carbonyl (C=O) groups excluding carboxylic acids is 8. The van der Waals surface area contributed by atoms with Crippen LogP contribution in [0.15, 0.2) is 163 Å². The Kier molecular flexibility index (Phi) is 17.5. The van der Waals surface area contributed by atoms with Crippen LogP contribution >= 0.6 is 0 Å². The van der Waals surface area contributed by atoms with Crippen molar-refractivity contribution in [3.05, 3.63) is 208 Å². The summed E-state index contributed by atoms with van der Waals surface area (Å²) in [5.74, 6) is -4.07. The second-order valence-electron chi connectivity index (χ2n) is 21.9. The second-order valence-corrected chi connectivity index (χ2v) is 21.9. The van der Waals surface area contributed by atoms with Crippen molar-refractivity contribution in [1.82, 2.24) is 41.7 Å². The van der Waals surface area contributed by atoms with Crippen molar-refractivity contribution in [2.24, 2.45) is 0 Å². The van der Waals surface area contributed by atoms with Gasteiger partial charge in [-0.05, 0) is 95.7 Å². The molecule has 6 aromatic rings. The van der Waals surface area contributed by atoms with Crippen LogP contribution in [-0.4, -0.2) is 112 Å². The lowest BCUT2D eigenvalue weighted by Crippen LogP contribution is -2.62. The minimum atomic E-state index is -1.18. The molecule has 4 heterocycles. The standard InChI is InChI=1S/C66H68N8O8/c1-41-26-28-46(29-27-41)37-51-61(77)72-56(66(82)74-33-15-25-58(74)64(80)69-52(59(75)67-51)35-43-16-6-3-7-17-43)40-48-22-12-13-23-50(48)49-31-30-47(42(2)34-49)39-54-62(78)71-55(38-45-20-10-5-11-21-45)65(81)73-32-14-24-57(73)63(79)70-53(60(76)68-54)36-44-18-8-4-9-19-44/h3-13,16-23,26-31,34,40,51-55,57-58H,14-15,24-25,32-33,35-39H2,1-2H3,(H,67,75)(H,68,76)(H,69,80)(H,70,79)(H,71,78)(H,72,77)/b56-40-/t51-,52+,53+,54-,55+,57-,58-/m1/s1. The molecule has 6 N–H and O–H groups in total. The Hall–Kier alpha value is -9.18. The van der Waals surface area contributed by atoms with E-state index >= 15 is 0 Å². The smallest absolute Gasteiger partial charge is 0.271 e. The molecule has 0 aromatic heterocycles. The average molecular weight is 1100 g/mol. The van der Waals surface area contributed by atoms with Crippen LogP contribution in [0.1, 0.15) is 70.2 Å². The summed E-state index contributed by atoms with van der Waals surface area (Å²) in [6.07, 6.45) is 4.11. The summed E-state index contributed by atoms with van der Waals surface area (Å²) in [6.45, 7) is 4.43. The zero-order chi connectivity index (χ0) is 57.3. The summed E-state index contributed by atoms with van der Waals surface area (Å²) in [5.41, 5.74) is 7.63. The SMILES string of the molecule is Cc1ccc(C[C@H]2NC(=O)[C@H](Cc3ccccc3)NC(=O)[C@H]3CCCN3C(=O)/C(=C/c3ccccc3-c3ccc(C[C@H]4NC(=O)[C@H](Cc5ccccc5)NC(=O)[C@H]5CCCN5C(=O)[C@H](Cc5ccccc5)NC4=O)c(C)c3)NC2=O)cc1. The number of aryl methyl sites for hydroxylation is 2. The lowest BCUT2D eigenvalue weighted by Gasteiger charge is -2.32. The van der Waals surface area contributed by atoms with E-state index in [9.17, 15) is 38.4 Å². The van der Waals surface area contributed by atoms with Gasteiger partial charge in [0.1, 0.15) is 48.0 Å². The van der Waals surface area contributed by atoms with E-state index in [1.54, 1.807) is 6.08 Å². The van der Waals surface area contributed by atoms with Crippen molar-refractivity contribution in [1.29, 1.82) is 0 Å². The third kappa shape index (κ3) is 13.3. The highest BCUT2D eigenvalue weighted by atomic mass is 16.2. The first kappa shape index (κ1) is 56.1. The minimum absolute atomic E-state index is 0.0262. The van der Waals surface area contributed by atoms with Crippen molar-refractivity contribution < 1.29 is 38.4 Å². The Labute approximate surface area is 477 Å². The Morgan fingerprint density at radius 2 is 0.878 bits per heavy atom. The molecule has 4 aliphatic heterocycles. The molecule has 0 spiro atoms. The van der Waals surface area contributed by atoms with Gasteiger partial charge in [0.2, 0.25) is 41.4 Å². The normalized spacial score (nSPS) is 23.3. The maximum absolute atomic E-state index is 15.0. The first-order valence-electron chi connectivity index (χ1n) is 28.3. The maximum Gasteiger partial charge on any atom is 0.271 e. The Balaban J connectivity index is 0.963. The number of fused-ring (bicyclic) bond motifs is 2. The molecule has 0 radical (unpaired) electrons.